The Morgan fingerprint density at radius 3 is 2.56 bits per heavy atom. The molecule has 1 rings (SSSR count). The van der Waals surface area contributed by atoms with Crippen LogP contribution in [0.2, 0.25) is 0 Å². The van der Waals surface area contributed by atoms with Crippen LogP contribution in [0, 0.1) is 5.82 Å². The number of hydrogen-bond acceptors (Lipinski definition) is 2. The van der Waals surface area contributed by atoms with Gasteiger partial charge in [0, 0.05) is 7.05 Å². The van der Waals surface area contributed by atoms with Crippen molar-refractivity contribution in [1.29, 1.82) is 0 Å². The van der Waals surface area contributed by atoms with E-state index in [0.29, 0.717) is 11.3 Å². The van der Waals surface area contributed by atoms with Crippen molar-refractivity contribution in [2.24, 2.45) is 4.99 Å². The lowest BCUT2D eigenvalue weighted by Crippen LogP contribution is -2.09. The van der Waals surface area contributed by atoms with Crippen LogP contribution in [0.1, 0.15) is 25.0 Å². The molecule has 1 aromatic rings. The van der Waals surface area contributed by atoms with E-state index in [9.17, 15) is 9.50 Å². The number of aliphatic hydroxyl groups is 1. The number of nitrogens with zero attached hydrogens (tertiary/aromatic N) is 1. The Morgan fingerprint density at radius 1 is 1.44 bits per heavy atom. The molecule has 0 fully saturated rings. The number of benzene rings is 1. The van der Waals surface area contributed by atoms with Crippen molar-refractivity contribution < 1.29 is 9.50 Å². The third-order valence-corrected chi connectivity index (χ3v) is 2.25. The van der Waals surface area contributed by atoms with Crippen molar-refractivity contribution in [1.82, 2.24) is 0 Å². The molecule has 3 heteroatoms. The average Bonchev–Trinajstić information content (AvgIpc) is 2.30. The molecule has 0 spiro atoms. The second kappa shape index (κ2) is 6.18. The second-order valence-corrected chi connectivity index (χ2v) is 3.41. The summed E-state index contributed by atoms with van der Waals surface area (Å²) in [5.74, 6) is -0.310. The standard InChI is InChI=1S/C13H16FNO/c1-3-4-5-12(15-2)13(16)10-6-8-11(14)9-7-10/h4-9,13,16H,3H2,1-2H3/b5-4-,15-12?. The molecular formula is C13H16FNO. The van der Waals surface area contributed by atoms with E-state index >= 15 is 0 Å². The minimum Gasteiger partial charge on any atom is -0.382 e. The lowest BCUT2D eigenvalue weighted by Gasteiger charge is -2.10. The summed E-state index contributed by atoms with van der Waals surface area (Å²) in [7, 11) is 1.63. The first-order valence-electron chi connectivity index (χ1n) is 5.25. The Balaban J connectivity index is 2.87. The number of allylic oxidation sites excluding steroid dienone is 1. The molecule has 0 amide bonds. The van der Waals surface area contributed by atoms with Gasteiger partial charge in [0.2, 0.25) is 0 Å². The van der Waals surface area contributed by atoms with Crippen molar-refractivity contribution in [3.8, 4) is 0 Å². The van der Waals surface area contributed by atoms with Crippen LogP contribution in [0.5, 0.6) is 0 Å². The summed E-state index contributed by atoms with van der Waals surface area (Å²) in [6.45, 7) is 2.01. The van der Waals surface area contributed by atoms with Gasteiger partial charge >= 0.3 is 0 Å². The summed E-state index contributed by atoms with van der Waals surface area (Å²) in [5.41, 5.74) is 1.22. The van der Waals surface area contributed by atoms with E-state index in [1.165, 1.54) is 12.1 Å². The Kier molecular flexibility index (Phi) is 4.86. The lowest BCUT2D eigenvalue weighted by molar-refractivity contribution is 0.248. The van der Waals surface area contributed by atoms with Gasteiger partial charge in [0.15, 0.2) is 0 Å². The second-order valence-electron chi connectivity index (χ2n) is 3.41. The van der Waals surface area contributed by atoms with Crippen LogP contribution in [0.4, 0.5) is 4.39 Å². The van der Waals surface area contributed by atoms with Crippen LogP contribution in [-0.2, 0) is 0 Å². The summed E-state index contributed by atoms with van der Waals surface area (Å²) in [4.78, 5) is 4.01. The van der Waals surface area contributed by atoms with Crippen LogP contribution < -0.4 is 0 Å². The molecule has 86 valence electrons. The highest BCUT2D eigenvalue weighted by Gasteiger charge is 2.11. The predicted octanol–water partition coefficient (Wildman–Crippen LogP) is 2.90. The van der Waals surface area contributed by atoms with E-state index in [-0.39, 0.29) is 5.82 Å². The summed E-state index contributed by atoms with van der Waals surface area (Å²) in [6.07, 6.45) is 3.80. The summed E-state index contributed by atoms with van der Waals surface area (Å²) in [5, 5.41) is 9.99. The van der Waals surface area contributed by atoms with Crippen LogP contribution in [0.25, 0.3) is 0 Å². The zero-order valence-electron chi connectivity index (χ0n) is 9.52. The van der Waals surface area contributed by atoms with Crippen molar-refractivity contribution in [3.05, 3.63) is 47.8 Å². The number of halogens is 1. The maximum absolute atomic E-state index is 12.7. The summed E-state index contributed by atoms with van der Waals surface area (Å²) < 4.78 is 12.7. The van der Waals surface area contributed by atoms with Gasteiger partial charge < -0.3 is 5.11 Å². The molecule has 0 heterocycles. The SMILES string of the molecule is CC/C=C\C(=NC)C(O)c1ccc(F)cc1. The van der Waals surface area contributed by atoms with Crippen LogP contribution in [0.15, 0.2) is 41.4 Å². The van der Waals surface area contributed by atoms with Gasteiger partial charge in [0.05, 0.1) is 5.71 Å². The average molecular weight is 221 g/mol. The molecular weight excluding hydrogens is 205 g/mol. The smallest absolute Gasteiger partial charge is 0.123 e. The van der Waals surface area contributed by atoms with Gasteiger partial charge in [-0.25, -0.2) is 4.39 Å². The van der Waals surface area contributed by atoms with Crippen LogP contribution in [-0.4, -0.2) is 17.9 Å². The van der Waals surface area contributed by atoms with Crippen molar-refractivity contribution in [2.45, 2.75) is 19.4 Å². The summed E-state index contributed by atoms with van der Waals surface area (Å²) >= 11 is 0. The minimum absolute atomic E-state index is 0.310. The molecule has 2 nitrogen and oxygen atoms in total. The molecule has 0 aliphatic heterocycles. The Labute approximate surface area is 95.2 Å². The highest BCUT2D eigenvalue weighted by atomic mass is 19.1. The maximum Gasteiger partial charge on any atom is 0.123 e. The number of hydrogen-bond donors (Lipinski definition) is 1. The Morgan fingerprint density at radius 2 is 2.06 bits per heavy atom. The Hall–Kier alpha value is -1.48. The maximum atomic E-state index is 12.7. The molecule has 16 heavy (non-hydrogen) atoms. The van der Waals surface area contributed by atoms with Gasteiger partial charge in [-0.05, 0) is 30.2 Å². The predicted molar refractivity (Wildman–Crippen MR) is 64.1 cm³/mol. The van der Waals surface area contributed by atoms with Crippen molar-refractivity contribution in [2.75, 3.05) is 7.05 Å². The quantitative estimate of drug-likeness (QED) is 0.779. The molecule has 0 saturated carbocycles. The topological polar surface area (TPSA) is 32.6 Å². The van der Waals surface area contributed by atoms with E-state index < -0.39 is 6.10 Å². The molecule has 0 saturated heterocycles. The molecule has 1 aromatic carbocycles. The van der Waals surface area contributed by atoms with Gasteiger partial charge in [0.25, 0.3) is 0 Å². The molecule has 1 unspecified atom stereocenters. The number of aliphatic hydroxyl groups excluding tert-OH is 1. The first-order valence-corrected chi connectivity index (χ1v) is 5.25. The monoisotopic (exact) mass is 221 g/mol. The van der Waals surface area contributed by atoms with Crippen LogP contribution >= 0.6 is 0 Å². The zero-order chi connectivity index (χ0) is 12.0. The molecule has 1 N–H and O–H groups in total. The molecule has 0 aromatic heterocycles. The van der Waals surface area contributed by atoms with Crippen LogP contribution in [0.3, 0.4) is 0 Å². The van der Waals surface area contributed by atoms with Gasteiger partial charge in [-0.1, -0.05) is 25.1 Å². The third kappa shape index (κ3) is 3.28. The molecule has 0 radical (unpaired) electrons. The highest BCUT2D eigenvalue weighted by Crippen LogP contribution is 2.16. The normalized spacial score (nSPS) is 14.4. The third-order valence-electron chi connectivity index (χ3n) is 2.25. The number of aliphatic imine (C=N–C) groups is 1. The fraction of sp³-hybridized carbons (Fsp3) is 0.308. The van der Waals surface area contributed by atoms with Gasteiger partial charge in [-0.2, -0.15) is 0 Å². The lowest BCUT2D eigenvalue weighted by atomic mass is 10.0. The van der Waals surface area contributed by atoms with Gasteiger partial charge in [-0.15, -0.1) is 0 Å². The highest BCUT2D eigenvalue weighted by molar-refractivity contribution is 5.98. The molecule has 0 bridgehead atoms. The summed E-state index contributed by atoms with van der Waals surface area (Å²) in [6, 6.07) is 5.78. The van der Waals surface area contributed by atoms with Gasteiger partial charge in [0.1, 0.15) is 11.9 Å². The molecule has 1 atom stereocenters. The first-order chi connectivity index (χ1) is 7.69. The van der Waals surface area contributed by atoms with E-state index in [1.807, 2.05) is 13.0 Å². The largest absolute Gasteiger partial charge is 0.382 e. The number of rotatable bonds is 4. The molecule has 0 aliphatic rings. The Bertz CT molecular complexity index is 381. The molecule has 0 aliphatic carbocycles. The van der Waals surface area contributed by atoms with Crippen molar-refractivity contribution >= 4 is 5.71 Å². The van der Waals surface area contributed by atoms with E-state index in [2.05, 4.69) is 4.99 Å². The van der Waals surface area contributed by atoms with Gasteiger partial charge in [-0.3, -0.25) is 4.99 Å². The van der Waals surface area contributed by atoms with Crippen molar-refractivity contribution in [3.63, 3.8) is 0 Å². The van der Waals surface area contributed by atoms with E-state index in [4.69, 9.17) is 0 Å². The zero-order valence-corrected chi connectivity index (χ0v) is 9.52. The first kappa shape index (κ1) is 12.6. The fourth-order valence-corrected chi connectivity index (χ4v) is 1.34. The fourth-order valence-electron chi connectivity index (χ4n) is 1.34. The van der Waals surface area contributed by atoms with E-state index in [1.54, 1.807) is 25.3 Å². The minimum atomic E-state index is -0.798. The van der Waals surface area contributed by atoms with E-state index in [0.717, 1.165) is 6.42 Å².